The lowest BCUT2D eigenvalue weighted by Crippen LogP contribution is -2.22. The molecular weight excluding hydrogens is 210 g/mol. The lowest BCUT2D eigenvalue weighted by molar-refractivity contribution is 0.211. The van der Waals surface area contributed by atoms with Crippen molar-refractivity contribution in [2.45, 2.75) is 52.4 Å². The van der Waals surface area contributed by atoms with Gasteiger partial charge in [0.25, 0.3) is 0 Å². The van der Waals surface area contributed by atoms with Gasteiger partial charge in [-0.2, -0.15) is 0 Å². The molecule has 0 bridgehead atoms. The van der Waals surface area contributed by atoms with Gasteiger partial charge in [-0.25, -0.2) is 0 Å². The Morgan fingerprint density at radius 1 is 0.647 bits per heavy atom. The quantitative estimate of drug-likeness (QED) is 0.520. The minimum atomic E-state index is 0.762. The summed E-state index contributed by atoms with van der Waals surface area (Å²) >= 11 is 0. The lowest BCUT2D eigenvalue weighted by atomic mass is 9.76. The van der Waals surface area contributed by atoms with Gasteiger partial charge in [-0.15, -0.1) is 0 Å². The average molecular weight is 243 g/mol. The molecule has 0 saturated carbocycles. The van der Waals surface area contributed by atoms with E-state index in [4.69, 9.17) is 17.2 Å². The topological polar surface area (TPSA) is 78.1 Å². The first-order chi connectivity index (χ1) is 8.17. The molecule has 0 spiro atoms. The second kappa shape index (κ2) is 11.0. The molecule has 2 unspecified atom stereocenters. The summed E-state index contributed by atoms with van der Waals surface area (Å²) in [4.78, 5) is 0. The van der Waals surface area contributed by atoms with Crippen LogP contribution in [0, 0.1) is 17.8 Å². The normalized spacial score (nSPS) is 16.8. The third-order valence-corrected chi connectivity index (χ3v) is 3.93. The molecule has 0 heterocycles. The maximum atomic E-state index is 5.64. The number of hydrogen-bond acceptors (Lipinski definition) is 3. The molecule has 3 heteroatoms. The summed E-state index contributed by atoms with van der Waals surface area (Å²) in [5.41, 5.74) is 16.8. The van der Waals surface area contributed by atoms with Crippen LogP contribution in [0.5, 0.6) is 0 Å². The highest BCUT2D eigenvalue weighted by atomic mass is 14.5. The molecule has 0 rings (SSSR count). The monoisotopic (exact) mass is 243 g/mol. The molecule has 3 nitrogen and oxygen atoms in total. The van der Waals surface area contributed by atoms with E-state index in [-0.39, 0.29) is 0 Å². The van der Waals surface area contributed by atoms with Gasteiger partial charge >= 0.3 is 0 Å². The fraction of sp³-hybridized carbons (Fsp3) is 1.00. The fourth-order valence-electron chi connectivity index (χ4n) is 2.79. The molecule has 6 N–H and O–H groups in total. The maximum absolute atomic E-state index is 5.64. The zero-order valence-corrected chi connectivity index (χ0v) is 11.8. The van der Waals surface area contributed by atoms with Crippen molar-refractivity contribution < 1.29 is 0 Å². The molecule has 0 saturated heterocycles. The highest BCUT2D eigenvalue weighted by Gasteiger charge is 2.22. The predicted molar refractivity (Wildman–Crippen MR) is 76.7 cm³/mol. The molecule has 0 aromatic rings. The molecule has 0 aliphatic carbocycles. The van der Waals surface area contributed by atoms with Crippen LogP contribution >= 0.6 is 0 Å². The van der Waals surface area contributed by atoms with Crippen LogP contribution in [-0.2, 0) is 0 Å². The van der Waals surface area contributed by atoms with Crippen molar-refractivity contribution in [3.8, 4) is 0 Å². The SMILES string of the molecule is CC(CCCN)C(CCCN)C(C)CCCN. The van der Waals surface area contributed by atoms with E-state index in [2.05, 4.69) is 13.8 Å². The van der Waals surface area contributed by atoms with Gasteiger partial charge in [-0.1, -0.05) is 13.8 Å². The van der Waals surface area contributed by atoms with Gasteiger partial charge in [0.2, 0.25) is 0 Å². The third kappa shape index (κ3) is 7.74. The van der Waals surface area contributed by atoms with Crippen molar-refractivity contribution in [2.24, 2.45) is 35.0 Å². The Hall–Kier alpha value is -0.120. The van der Waals surface area contributed by atoms with Crippen molar-refractivity contribution in [3.63, 3.8) is 0 Å². The van der Waals surface area contributed by atoms with Crippen LogP contribution in [0.3, 0.4) is 0 Å². The summed E-state index contributed by atoms with van der Waals surface area (Å²) in [6, 6.07) is 0. The van der Waals surface area contributed by atoms with Gasteiger partial charge in [0.15, 0.2) is 0 Å². The zero-order valence-electron chi connectivity index (χ0n) is 11.8. The second-order valence-electron chi connectivity index (χ2n) is 5.41. The number of nitrogens with two attached hydrogens (primary N) is 3. The van der Waals surface area contributed by atoms with E-state index in [1.165, 1.54) is 19.3 Å². The molecule has 2 atom stereocenters. The van der Waals surface area contributed by atoms with E-state index < -0.39 is 0 Å². The Labute approximate surface area is 108 Å². The largest absolute Gasteiger partial charge is 0.330 e. The van der Waals surface area contributed by atoms with Crippen molar-refractivity contribution >= 4 is 0 Å². The van der Waals surface area contributed by atoms with Crippen LogP contribution < -0.4 is 17.2 Å². The molecule has 0 aromatic heterocycles. The van der Waals surface area contributed by atoms with Gasteiger partial charge < -0.3 is 17.2 Å². The van der Waals surface area contributed by atoms with E-state index in [9.17, 15) is 0 Å². The Bertz CT molecular complexity index is 148. The summed E-state index contributed by atoms with van der Waals surface area (Å²) in [7, 11) is 0. The van der Waals surface area contributed by atoms with Crippen molar-refractivity contribution in [3.05, 3.63) is 0 Å². The lowest BCUT2D eigenvalue weighted by Gasteiger charge is -2.30. The Kier molecular flexibility index (Phi) is 10.9. The van der Waals surface area contributed by atoms with Crippen LogP contribution in [0.25, 0.3) is 0 Å². The van der Waals surface area contributed by atoms with Crippen LogP contribution in [0.15, 0.2) is 0 Å². The maximum Gasteiger partial charge on any atom is -0.00772 e. The molecular formula is C14H33N3. The number of hydrogen-bond donors (Lipinski definition) is 3. The van der Waals surface area contributed by atoms with E-state index >= 15 is 0 Å². The van der Waals surface area contributed by atoms with Gasteiger partial charge in [0.1, 0.15) is 0 Å². The molecule has 0 radical (unpaired) electrons. The smallest absolute Gasteiger partial charge is 0.00772 e. The minimum absolute atomic E-state index is 0.762. The molecule has 0 aliphatic rings. The first kappa shape index (κ1) is 16.9. The van der Waals surface area contributed by atoms with Gasteiger partial charge in [-0.3, -0.25) is 0 Å². The number of rotatable bonds is 11. The Morgan fingerprint density at radius 3 is 1.35 bits per heavy atom. The average Bonchev–Trinajstić information content (AvgIpc) is 2.34. The highest BCUT2D eigenvalue weighted by Crippen LogP contribution is 2.31. The predicted octanol–water partition coefficient (Wildman–Crippen LogP) is 2.09. The standard InChI is InChI=1S/C14H33N3/c1-12(6-3-9-15)14(8-5-11-17)13(2)7-4-10-16/h12-14H,3-11,15-17H2,1-2H3. The fourth-order valence-corrected chi connectivity index (χ4v) is 2.79. The summed E-state index contributed by atoms with van der Waals surface area (Å²) in [6.45, 7) is 7.17. The molecule has 17 heavy (non-hydrogen) atoms. The van der Waals surface area contributed by atoms with Gasteiger partial charge in [0.05, 0.1) is 0 Å². The first-order valence-electron chi connectivity index (χ1n) is 7.27. The molecule has 0 fully saturated rings. The first-order valence-corrected chi connectivity index (χ1v) is 7.27. The molecule has 0 aliphatic heterocycles. The Balaban J connectivity index is 4.17. The van der Waals surface area contributed by atoms with Crippen LogP contribution in [0.2, 0.25) is 0 Å². The van der Waals surface area contributed by atoms with Crippen molar-refractivity contribution in [1.82, 2.24) is 0 Å². The van der Waals surface area contributed by atoms with Gasteiger partial charge in [-0.05, 0) is 75.9 Å². The van der Waals surface area contributed by atoms with Crippen molar-refractivity contribution in [1.29, 1.82) is 0 Å². The second-order valence-corrected chi connectivity index (χ2v) is 5.41. The molecule has 0 amide bonds. The third-order valence-electron chi connectivity index (χ3n) is 3.93. The van der Waals surface area contributed by atoms with E-state index in [0.29, 0.717) is 0 Å². The Morgan fingerprint density at radius 2 is 1.00 bits per heavy atom. The molecule has 104 valence electrons. The van der Waals surface area contributed by atoms with Gasteiger partial charge in [0, 0.05) is 0 Å². The molecule has 0 aromatic carbocycles. The zero-order chi connectivity index (χ0) is 13.1. The van der Waals surface area contributed by atoms with E-state index in [1.807, 2.05) is 0 Å². The van der Waals surface area contributed by atoms with E-state index in [1.54, 1.807) is 0 Å². The summed E-state index contributed by atoms with van der Waals surface area (Å²) < 4.78 is 0. The van der Waals surface area contributed by atoms with Crippen LogP contribution in [-0.4, -0.2) is 19.6 Å². The summed E-state index contributed by atoms with van der Waals surface area (Å²) in [6.07, 6.45) is 7.18. The van der Waals surface area contributed by atoms with E-state index in [0.717, 1.165) is 56.7 Å². The summed E-state index contributed by atoms with van der Waals surface area (Å²) in [5.74, 6) is 2.31. The van der Waals surface area contributed by atoms with Crippen molar-refractivity contribution in [2.75, 3.05) is 19.6 Å². The van der Waals surface area contributed by atoms with Crippen LogP contribution in [0.4, 0.5) is 0 Å². The summed E-state index contributed by atoms with van der Waals surface area (Å²) in [5, 5.41) is 0. The van der Waals surface area contributed by atoms with Crippen LogP contribution in [0.1, 0.15) is 52.4 Å². The minimum Gasteiger partial charge on any atom is -0.330 e. The highest BCUT2D eigenvalue weighted by molar-refractivity contribution is 4.73.